The largest absolute Gasteiger partial charge is 0.126 e. The van der Waals surface area contributed by atoms with E-state index in [2.05, 4.69) is 85.8 Å². The molecule has 27 heavy (non-hydrogen) atoms. The Labute approximate surface area is 177 Å². The summed E-state index contributed by atoms with van der Waals surface area (Å²) in [6, 6.07) is 27.8. The zero-order valence-electron chi connectivity index (χ0n) is 16.2. The van der Waals surface area contributed by atoms with E-state index in [9.17, 15) is 0 Å². The third-order valence-electron chi connectivity index (χ3n) is 4.17. The Morgan fingerprint density at radius 3 is 1.70 bits per heavy atom. The minimum Gasteiger partial charge on any atom is -0.126 e. The molecule has 142 valence electrons. The van der Waals surface area contributed by atoms with Crippen LogP contribution in [0.1, 0.15) is 32.8 Å². The zero-order valence-corrected chi connectivity index (χ0v) is 20.1. The summed E-state index contributed by atoms with van der Waals surface area (Å²) in [5.74, 6) is 0. The molecule has 0 amide bonds. The number of hydrogen-bond acceptors (Lipinski definition) is 0. The first kappa shape index (κ1) is 22.3. The van der Waals surface area contributed by atoms with Gasteiger partial charge in [-0.15, -0.1) is 39.7 Å². The van der Waals surface area contributed by atoms with Crippen LogP contribution in [0.3, 0.4) is 0 Å². The van der Waals surface area contributed by atoms with Gasteiger partial charge in [-0.1, -0.05) is 56.2 Å². The van der Waals surface area contributed by atoms with Gasteiger partial charge in [-0.3, -0.25) is 0 Å². The van der Waals surface area contributed by atoms with Gasteiger partial charge in [-0.05, 0) is 0 Å². The summed E-state index contributed by atoms with van der Waals surface area (Å²) >= 11 is -1.84. The van der Waals surface area contributed by atoms with Gasteiger partial charge in [0.1, 0.15) is 0 Å². The minimum atomic E-state index is -1.84. The summed E-state index contributed by atoms with van der Waals surface area (Å²) in [5, 5.41) is 5.39. The van der Waals surface area contributed by atoms with Gasteiger partial charge in [0.15, 0.2) is 0 Å². The molecule has 4 aromatic carbocycles. The topological polar surface area (TPSA) is 0 Å². The van der Waals surface area contributed by atoms with Crippen molar-refractivity contribution >= 4 is 41.8 Å². The molecule has 0 fully saturated rings. The molecule has 0 aliphatic carbocycles. The van der Waals surface area contributed by atoms with E-state index in [0.717, 1.165) is 0 Å². The van der Waals surface area contributed by atoms with E-state index in [4.69, 9.17) is 17.0 Å². The van der Waals surface area contributed by atoms with E-state index < -0.39 is 18.9 Å². The number of aryl methyl sites for hydroxylation is 1. The summed E-state index contributed by atoms with van der Waals surface area (Å²) in [5.41, 5.74) is 1.47. The van der Waals surface area contributed by atoms with Crippen molar-refractivity contribution in [1.29, 1.82) is 0 Å². The predicted octanol–water partition coefficient (Wildman–Crippen LogP) is 8.19. The SMILES string of the molecule is CCC[c-]1cccc1.C[C](C)=[Zr]([Cl])[Cl].c1ccc2c(c1)[cH-]c1ccccc12. The number of halogens is 2. The first-order valence-corrected chi connectivity index (χ1v) is 16.8. The quantitative estimate of drug-likeness (QED) is 0.256. The molecule has 4 aromatic rings. The first-order valence-electron chi connectivity index (χ1n) is 9.25. The van der Waals surface area contributed by atoms with E-state index in [1.165, 1.54) is 43.2 Å². The molecule has 0 unspecified atom stereocenters. The first-order chi connectivity index (χ1) is 13.0. The minimum absolute atomic E-state index is 1.23. The maximum Gasteiger partial charge on any atom is -0.0771 e. The fourth-order valence-corrected chi connectivity index (χ4v) is 2.77. The molecule has 0 aliphatic rings. The molecule has 0 bridgehead atoms. The summed E-state index contributed by atoms with van der Waals surface area (Å²) in [4.78, 5) is 0. The van der Waals surface area contributed by atoms with Crippen molar-refractivity contribution in [1.82, 2.24) is 0 Å². The summed E-state index contributed by atoms with van der Waals surface area (Å²) in [6.07, 6.45) is 2.48. The molecule has 0 radical (unpaired) electrons. The normalized spacial score (nSPS) is 9.96. The Morgan fingerprint density at radius 2 is 1.30 bits per heavy atom. The molecule has 0 saturated carbocycles. The van der Waals surface area contributed by atoms with Gasteiger partial charge in [-0.25, -0.2) is 12.1 Å². The number of hydrogen-bond donors (Lipinski definition) is 0. The van der Waals surface area contributed by atoms with Crippen molar-refractivity contribution in [2.24, 2.45) is 0 Å². The Hall–Kier alpha value is -1.01. The van der Waals surface area contributed by atoms with Gasteiger partial charge < -0.3 is 0 Å². The predicted molar refractivity (Wildman–Crippen MR) is 121 cm³/mol. The number of fused-ring (bicyclic) bond motifs is 3. The van der Waals surface area contributed by atoms with Crippen molar-refractivity contribution in [3.63, 3.8) is 0 Å². The molecular weight excluding hydrogens is 450 g/mol. The average molecular weight is 477 g/mol. The van der Waals surface area contributed by atoms with Gasteiger partial charge in [0, 0.05) is 0 Å². The van der Waals surface area contributed by atoms with Crippen LogP contribution in [0.25, 0.3) is 21.5 Å². The van der Waals surface area contributed by atoms with Crippen LogP contribution in [-0.2, 0) is 25.3 Å². The third kappa shape index (κ3) is 7.15. The third-order valence-corrected chi connectivity index (χ3v) is 10.5. The van der Waals surface area contributed by atoms with E-state index in [1.54, 1.807) is 0 Å². The molecule has 0 nitrogen and oxygen atoms in total. The second-order valence-electron chi connectivity index (χ2n) is 6.62. The van der Waals surface area contributed by atoms with Crippen LogP contribution in [0.4, 0.5) is 0 Å². The van der Waals surface area contributed by atoms with Crippen LogP contribution in [0.15, 0.2) is 78.9 Å². The fraction of sp³-hybridized carbons (Fsp3) is 0.208. The van der Waals surface area contributed by atoms with E-state index >= 15 is 0 Å². The molecule has 0 N–H and O–H groups in total. The molecule has 0 heterocycles. The Kier molecular flexibility index (Phi) is 9.70. The molecule has 4 rings (SSSR count). The molecule has 0 aliphatic heterocycles. The van der Waals surface area contributed by atoms with Gasteiger partial charge in [0.2, 0.25) is 0 Å². The zero-order chi connectivity index (χ0) is 19.6. The van der Waals surface area contributed by atoms with Crippen molar-refractivity contribution in [3.8, 4) is 0 Å². The smallest absolute Gasteiger partial charge is 0.0771 e. The van der Waals surface area contributed by atoms with Gasteiger partial charge in [-0.2, -0.15) is 17.7 Å². The monoisotopic (exact) mass is 474 g/mol. The second kappa shape index (κ2) is 11.7. The molecule has 0 aromatic heterocycles. The van der Waals surface area contributed by atoms with Gasteiger partial charge >= 0.3 is 53.0 Å². The second-order valence-corrected chi connectivity index (χ2v) is 16.0. The van der Waals surface area contributed by atoms with Crippen molar-refractivity contribution < 1.29 is 18.9 Å². The average Bonchev–Trinajstić information content (AvgIpc) is 3.30. The van der Waals surface area contributed by atoms with Crippen LogP contribution in [-0.4, -0.2) is 3.21 Å². The molecular formula is C24H26Cl2Zr-2. The van der Waals surface area contributed by atoms with Crippen LogP contribution in [0.5, 0.6) is 0 Å². The molecule has 3 heteroatoms. The number of rotatable bonds is 2. The summed E-state index contributed by atoms with van der Waals surface area (Å²) < 4.78 is 1.24. The molecule has 0 atom stereocenters. The van der Waals surface area contributed by atoms with Crippen molar-refractivity contribution in [3.05, 3.63) is 84.4 Å². The van der Waals surface area contributed by atoms with E-state index in [-0.39, 0.29) is 0 Å². The molecule has 0 spiro atoms. The number of benzene rings is 2. The summed E-state index contributed by atoms with van der Waals surface area (Å²) in [6.45, 7) is 6.16. The van der Waals surface area contributed by atoms with Crippen LogP contribution < -0.4 is 0 Å². The maximum atomic E-state index is 5.54. The van der Waals surface area contributed by atoms with Crippen molar-refractivity contribution in [2.45, 2.75) is 33.6 Å². The molecule has 0 saturated heterocycles. The Bertz CT molecular complexity index is 910. The van der Waals surface area contributed by atoms with E-state index in [1.807, 2.05) is 13.8 Å². The Morgan fingerprint density at radius 1 is 0.852 bits per heavy atom. The van der Waals surface area contributed by atoms with Gasteiger partial charge in [0.05, 0.1) is 0 Å². The maximum absolute atomic E-state index is 5.54. The standard InChI is InChI=1S/C13H9.C8H11.C3H6.2ClH.Zr/c1-3-7-12-10(5-1)9-11-6-2-4-8-13(11)12;1-2-5-8-6-3-4-7-8;1-3-2;;;/h1-9H;3-4,6-7H,2,5H2,1H3;1-2H3;2*1H;/q2*-1;;;;+2/p-2. The summed E-state index contributed by atoms with van der Waals surface area (Å²) in [7, 11) is 11.1. The van der Waals surface area contributed by atoms with Crippen LogP contribution >= 0.6 is 17.0 Å². The Balaban J connectivity index is 0.000000162. The van der Waals surface area contributed by atoms with Crippen LogP contribution in [0, 0.1) is 0 Å². The van der Waals surface area contributed by atoms with Crippen LogP contribution in [0.2, 0.25) is 0 Å². The van der Waals surface area contributed by atoms with Gasteiger partial charge in [0.25, 0.3) is 0 Å². The van der Waals surface area contributed by atoms with E-state index in [0.29, 0.717) is 0 Å². The van der Waals surface area contributed by atoms with Crippen molar-refractivity contribution in [2.75, 3.05) is 0 Å². The fourth-order valence-electron chi connectivity index (χ4n) is 2.77.